The molecule has 154 valence electrons. The fourth-order valence-corrected chi connectivity index (χ4v) is 4.00. The first-order valence-electron chi connectivity index (χ1n) is 9.46. The number of fused-ring (bicyclic) bond motifs is 2. The summed E-state index contributed by atoms with van der Waals surface area (Å²) in [7, 11) is 0. The van der Waals surface area contributed by atoms with E-state index in [1.165, 1.54) is 11.8 Å². The number of hydrogen-bond donors (Lipinski definition) is 1. The van der Waals surface area contributed by atoms with E-state index in [9.17, 15) is 4.79 Å². The van der Waals surface area contributed by atoms with E-state index in [1.807, 2.05) is 29.0 Å². The monoisotopic (exact) mass is 425 g/mol. The number of carbonyl (C=O) groups excluding carboxylic acids is 1. The van der Waals surface area contributed by atoms with E-state index in [0.29, 0.717) is 36.9 Å². The number of anilines is 1. The number of hydrogen-bond acceptors (Lipinski definition) is 7. The smallest absolute Gasteiger partial charge is 0.234 e. The lowest BCUT2D eigenvalue weighted by molar-refractivity contribution is -0.113. The van der Waals surface area contributed by atoms with Crippen LogP contribution in [0.2, 0.25) is 0 Å². The van der Waals surface area contributed by atoms with Crippen molar-refractivity contribution in [1.82, 2.24) is 9.55 Å². The van der Waals surface area contributed by atoms with Crippen molar-refractivity contribution in [2.75, 3.05) is 31.1 Å². The van der Waals surface area contributed by atoms with Crippen LogP contribution in [0.4, 0.5) is 5.69 Å². The summed E-state index contributed by atoms with van der Waals surface area (Å²) in [6.45, 7) is 1.92. The fourth-order valence-electron chi connectivity index (χ4n) is 3.24. The molecular formula is C21H19N3O5S. The molecular weight excluding hydrogens is 406 g/mol. The van der Waals surface area contributed by atoms with Gasteiger partial charge in [0, 0.05) is 30.7 Å². The van der Waals surface area contributed by atoms with Crippen LogP contribution in [0, 0.1) is 0 Å². The Kier molecular flexibility index (Phi) is 5.10. The van der Waals surface area contributed by atoms with Gasteiger partial charge in [0.05, 0.1) is 5.75 Å². The van der Waals surface area contributed by atoms with Crippen LogP contribution in [0.5, 0.6) is 23.0 Å². The maximum absolute atomic E-state index is 12.4. The van der Waals surface area contributed by atoms with Crippen LogP contribution in [0.25, 0.3) is 0 Å². The summed E-state index contributed by atoms with van der Waals surface area (Å²) >= 11 is 1.38. The van der Waals surface area contributed by atoms with Crippen molar-refractivity contribution in [3.8, 4) is 23.0 Å². The minimum atomic E-state index is -0.116. The predicted octanol–water partition coefficient (Wildman–Crippen LogP) is 3.16. The first-order chi connectivity index (χ1) is 14.7. The molecule has 2 aromatic carbocycles. The maximum atomic E-state index is 12.4. The zero-order chi connectivity index (χ0) is 20.3. The molecule has 1 aromatic heterocycles. The van der Waals surface area contributed by atoms with Gasteiger partial charge in [-0.05, 0) is 29.8 Å². The van der Waals surface area contributed by atoms with Gasteiger partial charge in [-0.1, -0.05) is 17.8 Å². The average molecular weight is 425 g/mol. The largest absolute Gasteiger partial charge is 0.486 e. The van der Waals surface area contributed by atoms with Crippen molar-refractivity contribution < 1.29 is 23.7 Å². The highest BCUT2D eigenvalue weighted by atomic mass is 32.2. The quantitative estimate of drug-likeness (QED) is 0.608. The van der Waals surface area contributed by atoms with Crippen LogP contribution in [0.15, 0.2) is 53.9 Å². The van der Waals surface area contributed by atoms with E-state index >= 15 is 0 Å². The topological polar surface area (TPSA) is 83.8 Å². The Morgan fingerprint density at radius 1 is 1.00 bits per heavy atom. The number of nitrogens with zero attached hydrogens (tertiary/aromatic N) is 2. The summed E-state index contributed by atoms with van der Waals surface area (Å²) in [5.74, 6) is 2.97. The van der Waals surface area contributed by atoms with Crippen molar-refractivity contribution in [1.29, 1.82) is 0 Å². The van der Waals surface area contributed by atoms with Gasteiger partial charge in [-0.25, -0.2) is 4.98 Å². The van der Waals surface area contributed by atoms with Crippen LogP contribution in [0.1, 0.15) is 5.56 Å². The molecule has 0 bridgehead atoms. The Morgan fingerprint density at radius 3 is 2.70 bits per heavy atom. The standard InChI is InChI=1S/C21H19N3O5S/c25-20(23-15-2-4-16-19(10-15)27-8-7-26-16)12-30-21-22-5-6-24(21)11-14-1-3-17-18(9-14)29-13-28-17/h1-6,9-10H,7-8,11-13H2,(H,23,25). The van der Waals surface area contributed by atoms with Gasteiger partial charge in [-0.3, -0.25) is 4.79 Å². The normalized spacial score (nSPS) is 13.9. The summed E-state index contributed by atoms with van der Waals surface area (Å²) in [5.41, 5.74) is 1.74. The molecule has 30 heavy (non-hydrogen) atoms. The highest BCUT2D eigenvalue weighted by Gasteiger charge is 2.15. The second kappa shape index (κ2) is 8.19. The van der Waals surface area contributed by atoms with E-state index in [1.54, 1.807) is 24.4 Å². The number of benzene rings is 2. The SMILES string of the molecule is O=C(CSc1nccn1Cc1ccc2c(c1)OCO2)Nc1ccc2c(c1)OCCO2. The van der Waals surface area contributed by atoms with Crippen LogP contribution in [-0.4, -0.2) is 41.2 Å². The van der Waals surface area contributed by atoms with Crippen LogP contribution in [0.3, 0.4) is 0 Å². The number of rotatable bonds is 6. The molecule has 8 nitrogen and oxygen atoms in total. The first-order valence-corrected chi connectivity index (χ1v) is 10.5. The van der Waals surface area contributed by atoms with Gasteiger partial charge in [0.2, 0.25) is 12.7 Å². The molecule has 0 fully saturated rings. The molecule has 2 aliphatic heterocycles. The van der Waals surface area contributed by atoms with Crippen LogP contribution < -0.4 is 24.3 Å². The highest BCUT2D eigenvalue weighted by Crippen LogP contribution is 2.34. The lowest BCUT2D eigenvalue weighted by atomic mass is 10.2. The minimum Gasteiger partial charge on any atom is -0.486 e. The average Bonchev–Trinajstić information content (AvgIpc) is 3.41. The number of aromatic nitrogens is 2. The third-order valence-electron chi connectivity index (χ3n) is 4.63. The molecule has 0 radical (unpaired) electrons. The van der Waals surface area contributed by atoms with Gasteiger partial charge in [0.25, 0.3) is 0 Å². The molecule has 0 saturated carbocycles. The van der Waals surface area contributed by atoms with Crippen molar-refractivity contribution in [3.63, 3.8) is 0 Å². The molecule has 0 aliphatic carbocycles. The molecule has 0 unspecified atom stereocenters. The lowest BCUT2D eigenvalue weighted by Gasteiger charge is -2.19. The molecule has 9 heteroatoms. The van der Waals surface area contributed by atoms with E-state index in [2.05, 4.69) is 10.3 Å². The number of nitrogens with one attached hydrogen (secondary N) is 1. The molecule has 1 N–H and O–H groups in total. The Labute approximate surface area is 177 Å². The highest BCUT2D eigenvalue weighted by molar-refractivity contribution is 7.99. The third-order valence-corrected chi connectivity index (χ3v) is 5.63. The molecule has 5 rings (SSSR count). The number of amides is 1. The van der Waals surface area contributed by atoms with Crippen molar-refractivity contribution in [3.05, 3.63) is 54.4 Å². The summed E-state index contributed by atoms with van der Waals surface area (Å²) < 4.78 is 23.8. The Morgan fingerprint density at radius 2 is 1.77 bits per heavy atom. The molecule has 0 spiro atoms. The fraction of sp³-hybridized carbons (Fsp3) is 0.238. The zero-order valence-electron chi connectivity index (χ0n) is 16.0. The van der Waals surface area contributed by atoms with Gasteiger partial charge in [0.1, 0.15) is 13.2 Å². The van der Waals surface area contributed by atoms with E-state index in [0.717, 1.165) is 22.2 Å². The third kappa shape index (κ3) is 4.02. The Bertz CT molecular complexity index is 1080. The van der Waals surface area contributed by atoms with Gasteiger partial charge >= 0.3 is 0 Å². The molecule has 1 amide bonds. The summed E-state index contributed by atoms with van der Waals surface area (Å²) in [5, 5.41) is 3.66. The number of carbonyl (C=O) groups is 1. The van der Waals surface area contributed by atoms with Crippen LogP contribution in [-0.2, 0) is 11.3 Å². The molecule has 3 heterocycles. The Balaban J connectivity index is 1.19. The van der Waals surface area contributed by atoms with Crippen molar-refractivity contribution in [2.45, 2.75) is 11.7 Å². The summed E-state index contributed by atoms with van der Waals surface area (Å²) in [6.07, 6.45) is 3.62. The van der Waals surface area contributed by atoms with Crippen LogP contribution >= 0.6 is 11.8 Å². The van der Waals surface area contributed by atoms with Gasteiger partial charge in [-0.2, -0.15) is 0 Å². The number of ether oxygens (including phenoxy) is 4. The second-order valence-electron chi connectivity index (χ2n) is 6.72. The summed E-state index contributed by atoms with van der Waals surface area (Å²) in [4.78, 5) is 16.8. The van der Waals surface area contributed by atoms with E-state index in [-0.39, 0.29) is 18.5 Å². The number of thioether (sulfide) groups is 1. The summed E-state index contributed by atoms with van der Waals surface area (Å²) in [6, 6.07) is 11.2. The maximum Gasteiger partial charge on any atom is 0.234 e. The predicted molar refractivity (Wildman–Crippen MR) is 111 cm³/mol. The molecule has 0 saturated heterocycles. The van der Waals surface area contributed by atoms with Crippen molar-refractivity contribution in [2.24, 2.45) is 0 Å². The van der Waals surface area contributed by atoms with Crippen molar-refractivity contribution >= 4 is 23.4 Å². The molecule has 2 aliphatic rings. The van der Waals surface area contributed by atoms with E-state index in [4.69, 9.17) is 18.9 Å². The van der Waals surface area contributed by atoms with Gasteiger partial charge < -0.3 is 28.8 Å². The second-order valence-corrected chi connectivity index (χ2v) is 7.66. The minimum absolute atomic E-state index is 0.116. The first kappa shape index (κ1) is 18.7. The van der Waals surface area contributed by atoms with E-state index < -0.39 is 0 Å². The van der Waals surface area contributed by atoms with Gasteiger partial charge in [0.15, 0.2) is 28.2 Å². The van der Waals surface area contributed by atoms with Gasteiger partial charge in [-0.15, -0.1) is 0 Å². The lowest BCUT2D eigenvalue weighted by Crippen LogP contribution is -2.17. The molecule has 3 aromatic rings. The molecule has 0 atom stereocenters. The number of imidazole rings is 1. The zero-order valence-corrected chi connectivity index (χ0v) is 16.8. The Hall–Kier alpha value is -3.33.